The molecule has 0 fully saturated rings. The predicted molar refractivity (Wildman–Crippen MR) is 66.9 cm³/mol. The fourth-order valence-electron chi connectivity index (χ4n) is 1.35. The van der Waals surface area contributed by atoms with Gasteiger partial charge in [0, 0.05) is 9.85 Å². The predicted octanol–water partition coefficient (Wildman–Crippen LogP) is 4.65. The van der Waals surface area contributed by atoms with Gasteiger partial charge in [-0.1, -0.05) is 48.3 Å². The summed E-state index contributed by atoms with van der Waals surface area (Å²) in [5.74, 6) is 0.579. The van der Waals surface area contributed by atoms with Crippen molar-refractivity contribution in [1.29, 1.82) is 0 Å². The highest BCUT2D eigenvalue weighted by molar-refractivity contribution is 9.10. The second kappa shape index (κ2) is 5.77. The lowest BCUT2D eigenvalue weighted by Gasteiger charge is -2.16. The Kier molecular flexibility index (Phi) is 4.97. The van der Waals surface area contributed by atoms with Crippen LogP contribution in [0.3, 0.4) is 0 Å². The summed E-state index contributed by atoms with van der Waals surface area (Å²) in [5.41, 5.74) is 1.31. The highest BCUT2D eigenvalue weighted by atomic mass is 79.9. The molecule has 0 aromatic heterocycles. The quantitative estimate of drug-likeness (QED) is 0.702. The van der Waals surface area contributed by atoms with E-state index in [0.29, 0.717) is 5.92 Å². The maximum absolute atomic E-state index is 6.30. The lowest BCUT2D eigenvalue weighted by molar-refractivity contribution is 0.525. The van der Waals surface area contributed by atoms with E-state index in [1.807, 2.05) is 6.07 Å². The van der Waals surface area contributed by atoms with Gasteiger partial charge in [0.25, 0.3) is 0 Å². The zero-order chi connectivity index (χ0) is 10.6. The Bertz CT molecular complexity index is 285. The molecule has 0 spiro atoms. The molecule has 0 amide bonds. The minimum absolute atomic E-state index is 0.245. The molecule has 0 heterocycles. The van der Waals surface area contributed by atoms with E-state index in [2.05, 4.69) is 48.0 Å². The van der Waals surface area contributed by atoms with Crippen molar-refractivity contribution < 1.29 is 0 Å². The van der Waals surface area contributed by atoms with Crippen LogP contribution < -0.4 is 0 Å². The first-order chi connectivity index (χ1) is 6.63. The topological polar surface area (TPSA) is 0 Å². The molecule has 0 aliphatic carbocycles. The summed E-state index contributed by atoms with van der Waals surface area (Å²) < 4.78 is 1.13. The molecule has 78 valence electrons. The maximum Gasteiger partial charge on any atom is 0.0401 e. The molecule has 0 N–H and O–H groups in total. The molecule has 2 atom stereocenters. The molecule has 14 heavy (non-hydrogen) atoms. The van der Waals surface area contributed by atoms with E-state index in [4.69, 9.17) is 11.6 Å². The van der Waals surface area contributed by atoms with E-state index >= 15 is 0 Å². The minimum Gasteiger partial charge on any atom is -0.122 e. The average Bonchev–Trinajstić information content (AvgIpc) is 2.16. The summed E-state index contributed by atoms with van der Waals surface area (Å²) in [6.07, 6.45) is 2.10. The zero-order valence-corrected chi connectivity index (χ0v) is 11.0. The molecule has 1 aromatic rings. The van der Waals surface area contributed by atoms with Crippen LogP contribution in [0.4, 0.5) is 0 Å². The summed E-state index contributed by atoms with van der Waals surface area (Å²) in [6, 6.07) is 8.36. The fourth-order valence-corrected chi connectivity index (χ4v) is 2.15. The van der Waals surface area contributed by atoms with Crippen LogP contribution in [0.15, 0.2) is 28.7 Å². The highest BCUT2D eigenvalue weighted by Crippen LogP contribution is 2.20. The van der Waals surface area contributed by atoms with Gasteiger partial charge in [0.15, 0.2) is 0 Å². The first kappa shape index (κ1) is 12.1. The molecule has 2 unspecified atom stereocenters. The van der Waals surface area contributed by atoms with Gasteiger partial charge in [-0.15, -0.1) is 11.6 Å². The van der Waals surface area contributed by atoms with Crippen molar-refractivity contribution in [3.05, 3.63) is 34.3 Å². The lowest BCUT2D eigenvalue weighted by atomic mass is 9.98. The monoisotopic (exact) mass is 274 g/mol. The van der Waals surface area contributed by atoms with E-state index < -0.39 is 0 Å². The van der Waals surface area contributed by atoms with Crippen molar-refractivity contribution in [2.75, 3.05) is 0 Å². The normalized spacial score (nSPS) is 15.1. The summed E-state index contributed by atoms with van der Waals surface area (Å²) in [5, 5.41) is 0.245. The molecule has 1 rings (SSSR count). The second-order valence-corrected chi connectivity index (χ2v) is 5.21. The standard InChI is InChI=1S/C12H16BrCl/c1-3-9(2)12(14)8-10-5-4-6-11(13)7-10/h4-7,9,12H,3,8H2,1-2H3. The van der Waals surface area contributed by atoms with Crippen LogP contribution in [0.2, 0.25) is 0 Å². The van der Waals surface area contributed by atoms with Gasteiger partial charge in [-0.3, -0.25) is 0 Å². The SMILES string of the molecule is CCC(C)C(Cl)Cc1cccc(Br)c1. The number of benzene rings is 1. The van der Waals surface area contributed by atoms with Crippen molar-refractivity contribution in [3.63, 3.8) is 0 Å². The zero-order valence-electron chi connectivity index (χ0n) is 8.63. The summed E-state index contributed by atoms with van der Waals surface area (Å²) in [6.45, 7) is 4.39. The van der Waals surface area contributed by atoms with Gasteiger partial charge in [0.2, 0.25) is 0 Å². The molecule has 0 bridgehead atoms. The van der Waals surface area contributed by atoms with Crippen LogP contribution in [0.25, 0.3) is 0 Å². The number of halogens is 2. The lowest BCUT2D eigenvalue weighted by Crippen LogP contribution is -2.13. The summed E-state index contributed by atoms with van der Waals surface area (Å²) >= 11 is 9.77. The minimum atomic E-state index is 0.245. The highest BCUT2D eigenvalue weighted by Gasteiger charge is 2.12. The van der Waals surface area contributed by atoms with E-state index in [0.717, 1.165) is 17.3 Å². The molecule has 0 aliphatic rings. The van der Waals surface area contributed by atoms with Crippen LogP contribution in [-0.2, 0) is 6.42 Å². The van der Waals surface area contributed by atoms with E-state index in [1.165, 1.54) is 5.56 Å². The van der Waals surface area contributed by atoms with Gasteiger partial charge in [-0.2, -0.15) is 0 Å². The molecular weight excluding hydrogens is 259 g/mol. The van der Waals surface area contributed by atoms with E-state index in [9.17, 15) is 0 Å². The third-order valence-corrected chi connectivity index (χ3v) is 3.66. The van der Waals surface area contributed by atoms with Gasteiger partial charge in [-0.05, 0) is 30.0 Å². The van der Waals surface area contributed by atoms with Crippen molar-refractivity contribution in [1.82, 2.24) is 0 Å². The Hall–Kier alpha value is -0.0100. The summed E-state index contributed by atoms with van der Waals surface area (Å²) in [7, 11) is 0. The Morgan fingerprint density at radius 1 is 1.43 bits per heavy atom. The van der Waals surface area contributed by atoms with Crippen molar-refractivity contribution in [2.24, 2.45) is 5.92 Å². The molecule has 0 saturated carbocycles. The second-order valence-electron chi connectivity index (χ2n) is 3.74. The first-order valence-corrected chi connectivity index (χ1v) is 6.25. The molecule has 2 heteroatoms. The maximum atomic E-state index is 6.30. The van der Waals surface area contributed by atoms with Crippen molar-refractivity contribution in [2.45, 2.75) is 32.1 Å². The third-order valence-electron chi connectivity index (χ3n) is 2.58. The average molecular weight is 276 g/mol. The number of rotatable bonds is 4. The fraction of sp³-hybridized carbons (Fsp3) is 0.500. The largest absolute Gasteiger partial charge is 0.122 e. The Balaban J connectivity index is 2.60. The Morgan fingerprint density at radius 3 is 2.71 bits per heavy atom. The van der Waals surface area contributed by atoms with Gasteiger partial charge < -0.3 is 0 Å². The van der Waals surface area contributed by atoms with Gasteiger partial charge >= 0.3 is 0 Å². The molecule has 1 aromatic carbocycles. The molecule has 0 saturated heterocycles. The van der Waals surface area contributed by atoms with Crippen molar-refractivity contribution >= 4 is 27.5 Å². The molecule has 0 nitrogen and oxygen atoms in total. The number of hydrogen-bond acceptors (Lipinski definition) is 0. The van der Waals surface area contributed by atoms with Gasteiger partial charge in [0.1, 0.15) is 0 Å². The smallest absolute Gasteiger partial charge is 0.0401 e. The number of alkyl halides is 1. The van der Waals surface area contributed by atoms with Crippen LogP contribution in [0, 0.1) is 5.92 Å². The van der Waals surface area contributed by atoms with E-state index in [1.54, 1.807) is 0 Å². The van der Waals surface area contributed by atoms with Crippen LogP contribution >= 0.6 is 27.5 Å². The Morgan fingerprint density at radius 2 is 2.14 bits per heavy atom. The molecular formula is C12H16BrCl. The summed E-state index contributed by atoms with van der Waals surface area (Å²) in [4.78, 5) is 0. The van der Waals surface area contributed by atoms with E-state index in [-0.39, 0.29) is 5.38 Å². The van der Waals surface area contributed by atoms with Crippen LogP contribution in [0.1, 0.15) is 25.8 Å². The number of hydrogen-bond donors (Lipinski definition) is 0. The molecule has 0 radical (unpaired) electrons. The van der Waals surface area contributed by atoms with Crippen LogP contribution in [-0.4, -0.2) is 5.38 Å². The van der Waals surface area contributed by atoms with Crippen molar-refractivity contribution in [3.8, 4) is 0 Å². The van der Waals surface area contributed by atoms with Crippen LogP contribution in [0.5, 0.6) is 0 Å². The Labute approximate surface area is 99.8 Å². The first-order valence-electron chi connectivity index (χ1n) is 5.02. The van der Waals surface area contributed by atoms with Gasteiger partial charge in [0.05, 0.1) is 0 Å². The molecule has 0 aliphatic heterocycles. The van der Waals surface area contributed by atoms with Gasteiger partial charge in [-0.25, -0.2) is 0 Å². The third kappa shape index (κ3) is 3.62.